The highest BCUT2D eigenvalue weighted by molar-refractivity contribution is 6.12. The molecule has 8 aromatic carbocycles. The van der Waals surface area contributed by atoms with Crippen LogP contribution in [-0.4, -0.2) is 13.7 Å². The zero-order valence-electron chi connectivity index (χ0n) is 29.5. The van der Waals surface area contributed by atoms with Gasteiger partial charge in [-0.15, -0.1) is 0 Å². The highest BCUT2D eigenvalue weighted by Gasteiger charge is 2.18. The Morgan fingerprint density at radius 1 is 0.291 bits per heavy atom. The third-order valence-corrected chi connectivity index (χ3v) is 11.1. The molecule has 254 valence electrons. The number of nitrogens with zero attached hydrogens (tertiary/aromatic N) is 5. The smallest absolute Gasteiger partial charge is 0.0992 e. The molecule has 0 spiro atoms. The summed E-state index contributed by atoms with van der Waals surface area (Å²) in [5.74, 6) is 0. The highest BCUT2D eigenvalue weighted by atomic mass is 15.0. The first kappa shape index (κ1) is 30.7. The molecule has 11 aromatic rings. The molecular weight excluding hydrogens is 671 g/mol. The molecule has 0 N–H and O–H groups in total. The summed E-state index contributed by atoms with van der Waals surface area (Å²) in [6, 6.07) is 66.0. The predicted molar refractivity (Wildman–Crippen MR) is 224 cm³/mol. The predicted octanol–water partition coefficient (Wildman–Crippen LogP) is 12.4. The van der Waals surface area contributed by atoms with Gasteiger partial charge >= 0.3 is 0 Å². The van der Waals surface area contributed by atoms with Crippen molar-refractivity contribution in [3.8, 4) is 40.3 Å². The van der Waals surface area contributed by atoms with Gasteiger partial charge < -0.3 is 13.7 Å². The minimum atomic E-state index is 0.594. The van der Waals surface area contributed by atoms with Gasteiger partial charge in [0, 0.05) is 49.4 Å². The van der Waals surface area contributed by atoms with Crippen LogP contribution in [0.5, 0.6) is 0 Å². The summed E-state index contributed by atoms with van der Waals surface area (Å²) in [4.78, 5) is 0. The summed E-state index contributed by atoms with van der Waals surface area (Å²) in [6.45, 7) is 0. The van der Waals surface area contributed by atoms with E-state index in [0.717, 1.165) is 82.8 Å². The largest absolute Gasteiger partial charge is 0.309 e. The van der Waals surface area contributed by atoms with Crippen molar-refractivity contribution < 1.29 is 0 Å². The third-order valence-electron chi connectivity index (χ3n) is 11.1. The van der Waals surface area contributed by atoms with Crippen LogP contribution in [0.1, 0.15) is 11.1 Å². The van der Waals surface area contributed by atoms with Crippen LogP contribution in [0.15, 0.2) is 176 Å². The maximum Gasteiger partial charge on any atom is 0.0992 e. The molecular formula is C50H29N5. The van der Waals surface area contributed by atoms with Crippen molar-refractivity contribution in [3.05, 3.63) is 187 Å². The van der Waals surface area contributed by atoms with Crippen molar-refractivity contribution in [2.45, 2.75) is 0 Å². The number of fused-ring (bicyclic) bond motifs is 9. The maximum atomic E-state index is 10.3. The number of hydrogen-bond acceptors (Lipinski definition) is 2. The summed E-state index contributed by atoms with van der Waals surface area (Å²) in [5.41, 5.74) is 12.9. The van der Waals surface area contributed by atoms with Crippen molar-refractivity contribution in [2.75, 3.05) is 0 Å². The van der Waals surface area contributed by atoms with Crippen LogP contribution in [0.25, 0.3) is 93.6 Å². The van der Waals surface area contributed by atoms with Gasteiger partial charge in [0.05, 0.1) is 56.4 Å². The Bertz CT molecular complexity index is 3400. The van der Waals surface area contributed by atoms with Crippen LogP contribution < -0.4 is 0 Å². The number of nitriles is 2. The lowest BCUT2D eigenvalue weighted by Gasteiger charge is -2.14. The Morgan fingerprint density at radius 3 is 1.35 bits per heavy atom. The number of benzene rings is 8. The van der Waals surface area contributed by atoms with E-state index >= 15 is 0 Å². The highest BCUT2D eigenvalue weighted by Crippen LogP contribution is 2.38. The molecule has 0 unspecified atom stereocenters. The van der Waals surface area contributed by atoms with Crippen molar-refractivity contribution in [1.82, 2.24) is 13.7 Å². The minimum absolute atomic E-state index is 0.594. The fraction of sp³-hybridized carbons (Fsp3) is 0. The zero-order chi connectivity index (χ0) is 36.6. The van der Waals surface area contributed by atoms with E-state index in [-0.39, 0.29) is 0 Å². The van der Waals surface area contributed by atoms with Gasteiger partial charge in [0.2, 0.25) is 0 Å². The number of aromatic nitrogens is 3. The average molecular weight is 700 g/mol. The van der Waals surface area contributed by atoms with E-state index in [0.29, 0.717) is 11.1 Å². The molecule has 0 aliphatic rings. The first-order chi connectivity index (χ1) is 27.2. The van der Waals surface area contributed by atoms with E-state index in [9.17, 15) is 10.5 Å². The lowest BCUT2D eigenvalue weighted by Crippen LogP contribution is -1.98. The van der Waals surface area contributed by atoms with Gasteiger partial charge in [0.25, 0.3) is 0 Å². The molecule has 0 bridgehead atoms. The first-order valence-electron chi connectivity index (χ1n) is 18.3. The van der Waals surface area contributed by atoms with Crippen LogP contribution in [0.3, 0.4) is 0 Å². The van der Waals surface area contributed by atoms with E-state index < -0.39 is 0 Å². The normalized spacial score (nSPS) is 11.6. The SMILES string of the molecule is N#Cc1cc(-c2ccc(-n3c4ccccc4c4cc(C#N)ccc43)cc2)cc(-n2c3ccccc3c3ccc(-n4c5ccccc5c5ccccc54)cc32)c1. The molecule has 0 radical (unpaired) electrons. The Labute approximate surface area is 316 Å². The Balaban J connectivity index is 1.08. The van der Waals surface area contributed by atoms with E-state index in [1.807, 2.05) is 42.5 Å². The number of para-hydroxylation sites is 4. The lowest BCUT2D eigenvalue weighted by molar-refractivity contribution is 1.15. The molecule has 0 fully saturated rings. The molecule has 0 atom stereocenters. The molecule has 0 amide bonds. The van der Waals surface area contributed by atoms with Gasteiger partial charge in [0.1, 0.15) is 0 Å². The van der Waals surface area contributed by atoms with Gasteiger partial charge in [-0.05, 0) is 96.1 Å². The van der Waals surface area contributed by atoms with E-state index in [4.69, 9.17) is 0 Å². The fourth-order valence-corrected chi connectivity index (χ4v) is 8.67. The maximum absolute atomic E-state index is 10.3. The van der Waals surface area contributed by atoms with Gasteiger partial charge in [-0.25, -0.2) is 0 Å². The standard InChI is InChI=1S/C50H29N5/c51-30-32-17-24-49-44(27-32)42-12-4-8-16-48(42)53(49)36-20-18-34(19-21-36)35-25-33(31-52)26-38(28-35)55-47-15-7-3-11-41(47)43-23-22-37(29-50(43)55)54-45-13-5-1-9-39(45)40-10-2-6-14-46(40)54/h1-29H. The summed E-state index contributed by atoms with van der Waals surface area (Å²) < 4.78 is 6.90. The number of hydrogen-bond donors (Lipinski definition) is 0. The molecule has 0 saturated heterocycles. The monoisotopic (exact) mass is 699 g/mol. The lowest BCUT2D eigenvalue weighted by atomic mass is 10.0. The van der Waals surface area contributed by atoms with Gasteiger partial charge in [-0.3, -0.25) is 0 Å². The van der Waals surface area contributed by atoms with Crippen molar-refractivity contribution in [1.29, 1.82) is 10.5 Å². The van der Waals surface area contributed by atoms with E-state index in [1.54, 1.807) is 0 Å². The third kappa shape index (κ3) is 4.58. The van der Waals surface area contributed by atoms with Crippen LogP contribution in [0, 0.1) is 22.7 Å². The molecule has 55 heavy (non-hydrogen) atoms. The van der Waals surface area contributed by atoms with E-state index in [1.165, 1.54) is 10.8 Å². The quantitative estimate of drug-likeness (QED) is 0.184. The molecule has 3 heterocycles. The fourth-order valence-electron chi connectivity index (χ4n) is 8.67. The second kappa shape index (κ2) is 11.8. The average Bonchev–Trinajstić information content (AvgIpc) is 3.88. The Morgan fingerprint density at radius 2 is 0.764 bits per heavy atom. The Hall–Kier alpha value is -7.86. The van der Waals surface area contributed by atoms with Crippen molar-refractivity contribution in [2.24, 2.45) is 0 Å². The Kier molecular flexibility index (Phi) is 6.61. The van der Waals surface area contributed by atoms with Gasteiger partial charge in [-0.2, -0.15) is 10.5 Å². The number of rotatable bonds is 4. The minimum Gasteiger partial charge on any atom is -0.309 e. The van der Waals surface area contributed by atoms with E-state index in [2.05, 4.69) is 159 Å². The summed E-state index contributed by atoms with van der Waals surface area (Å²) >= 11 is 0. The molecule has 0 aliphatic carbocycles. The summed E-state index contributed by atoms with van der Waals surface area (Å²) in [5, 5.41) is 26.9. The molecule has 11 rings (SSSR count). The second-order valence-corrected chi connectivity index (χ2v) is 14.0. The summed E-state index contributed by atoms with van der Waals surface area (Å²) in [7, 11) is 0. The second-order valence-electron chi connectivity index (χ2n) is 14.0. The molecule has 0 aliphatic heterocycles. The van der Waals surface area contributed by atoms with Crippen LogP contribution >= 0.6 is 0 Å². The van der Waals surface area contributed by atoms with Crippen LogP contribution in [-0.2, 0) is 0 Å². The van der Waals surface area contributed by atoms with Crippen LogP contribution in [0.2, 0.25) is 0 Å². The first-order valence-corrected chi connectivity index (χ1v) is 18.3. The van der Waals surface area contributed by atoms with Gasteiger partial charge in [0.15, 0.2) is 0 Å². The van der Waals surface area contributed by atoms with Crippen molar-refractivity contribution in [3.63, 3.8) is 0 Å². The molecule has 5 nitrogen and oxygen atoms in total. The van der Waals surface area contributed by atoms with Crippen LogP contribution in [0.4, 0.5) is 0 Å². The molecule has 3 aromatic heterocycles. The molecule has 5 heteroatoms. The molecule has 0 saturated carbocycles. The topological polar surface area (TPSA) is 62.4 Å². The van der Waals surface area contributed by atoms with Crippen molar-refractivity contribution >= 4 is 65.4 Å². The summed E-state index contributed by atoms with van der Waals surface area (Å²) in [6.07, 6.45) is 0. The van der Waals surface area contributed by atoms with Gasteiger partial charge in [-0.1, -0.05) is 91.0 Å². The zero-order valence-corrected chi connectivity index (χ0v) is 29.5.